The maximum Gasteiger partial charge on any atom is 0.329 e. The average Bonchev–Trinajstić information content (AvgIpc) is 1.61. The number of hydrogen-bond acceptors (Lipinski definition) is 2. The van der Waals surface area contributed by atoms with Gasteiger partial charge in [-0.2, -0.15) is 0 Å². The third-order valence-electron chi connectivity index (χ3n) is 0.370. The van der Waals surface area contributed by atoms with Crippen LogP contribution in [0.3, 0.4) is 0 Å². The molecule has 0 aliphatic rings. The van der Waals surface area contributed by atoms with Gasteiger partial charge >= 0.3 is 5.97 Å². The largest absolute Gasteiger partial charge is 0.480 e. The van der Waals surface area contributed by atoms with Crippen LogP contribution < -0.4 is 0 Å². The first-order chi connectivity index (χ1) is 3.27. The third kappa shape index (κ3) is 5.43. The number of ether oxygens (including phenoxy) is 1. The molecule has 3 heteroatoms. The van der Waals surface area contributed by atoms with E-state index in [1.165, 1.54) is 0 Å². The van der Waals surface area contributed by atoms with Crippen LogP contribution in [0.2, 0.25) is 0 Å². The van der Waals surface area contributed by atoms with Gasteiger partial charge in [0.15, 0.2) is 0 Å². The van der Waals surface area contributed by atoms with Crippen molar-refractivity contribution in [2.75, 3.05) is 13.2 Å². The normalized spacial score (nSPS) is 8.71. The standard InChI is InChI=1S/C4H7O3/c1-2-7-3-4(5)6/h1-3H2,(H,5,6). The number of hydrogen-bond donors (Lipinski definition) is 1. The summed E-state index contributed by atoms with van der Waals surface area (Å²) < 4.78 is 4.38. The van der Waals surface area contributed by atoms with Crippen LogP contribution in [0.1, 0.15) is 0 Å². The van der Waals surface area contributed by atoms with Crippen molar-refractivity contribution in [2.24, 2.45) is 0 Å². The molecule has 0 fully saturated rings. The lowest BCUT2D eigenvalue weighted by molar-refractivity contribution is -0.141. The van der Waals surface area contributed by atoms with Crippen molar-refractivity contribution in [3.8, 4) is 0 Å². The predicted molar refractivity (Wildman–Crippen MR) is 23.8 cm³/mol. The number of aliphatic carboxylic acids is 1. The van der Waals surface area contributed by atoms with E-state index in [0.29, 0.717) is 0 Å². The van der Waals surface area contributed by atoms with E-state index in [9.17, 15) is 4.79 Å². The summed E-state index contributed by atoms with van der Waals surface area (Å²) in [5.74, 6) is -0.955. The minimum atomic E-state index is -0.955. The Morgan fingerprint density at radius 1 is 1.86 bits per heavy atom. The van der Waals surface area contributed by atoms with Crippen molar-refractivity contribution in [2.45, 2.75) is 0 Å². The molecule has 3 nitrogen and oxygen atoms in total. The SMILES string of the molecule is [CH2]COCC(=O)O. The Hall–Kier alpha value is -0.570. The van der Waals surface area contributed by atoms with Crippen LogP contribution >= 0.6 is 0 Å². The van der Waals surface area contributed by atoms with Crippen molar-refractivity contribution < 1.29 is 14.6 Å². The highest BCUT2D eigenvalue weighted by Crippen LogP contribution is 1.69. The maximum absolute atomic E-state index is 9.61. The molecule has 41 valence electrons. The van der Waals surface area contributed by atoms with Gasteiger partial charge in [0.2, 0.25) is 0 Å². The highest BCUT2D eigenvalue weighted by Gasteiger charge is 1.90. The van der Waals surface area contributed by atoms with Gasteiger partial charge in [-0.25, -0.2) is 4.79 Å². The smallest absolute Gasteiger partial charge is 0.329 e. The molecule has 0 saturated carbocycles. The minimum absolute atomic E-state index is 0.215. The minimum Gasteiger partial charge on any atom is -0.480 e. The molecule has 0 rings (SSSR count). The van der Waals surface area contributed by atoms with E-state index in [-0.39, 0.29) is 13.2 Å². The molecule has 0 saturated heterocycles. The molecular formula is C4H7O3. The fourth-order valence-electron chi connectivity index (χ4n) is 0.159. The van der Waals surface area contributed by atoms with Gasteiger partial charge in [0.05, 0.1) is 0 Å². The van der Waals surface area contributed by atoms with Crippen LogP contribution in [0.5, 0.6) is 0 Å². The quantitative estimate of drug-likeness (QED) is 0.543. The van der Waals surface area contributed by atoms with Gasteiger partial charge in [0, 0.05) is 6.61 Å². The summed E-state index contributed by atoms with van der Waals surface area (Å²) in [6.07, 6.45) is 0. The summed E-state index contributed by atoms with van der Waals surface area (Å²) in [4.78, 5) is 9.61. The van der Waals surface area contributed by atoms with Crippen LogP contribution in [0, 0.1) is 6.92 Å². The topological polar surface area (TPSA) is 46.5 Å². The first-order valence-electron chi connectivity index (χ1n) is 1.86. The fourth-order valence-corrected chi connectivity index (χ4v) is 0.159. The molecule has 0 aliphatic heterocycles. The Bertz CT molecular complexity index is 60.0. The molecule has 0 spiro atoms. The molecule has 1 radical (unpaired) electrons. The summed E-state index contributed by atoms with van der Waals surface area (Å²) in [5, 5.41) is 7.89. The summed E-state index contributed by atoms with van der Waals surface area (Å²) in [7, 11) is 0. The first-order valence-corrected chi connectivity index (χ1v) is 1.86. The number of carboxylic acids is 1. The lowest BCUT2D eigenvalue weighted by Crippen LogP contribution is -2.05. The molecule has 0 aliphatic carbocycles. The van der Waals surface area contributed by atoms with Gasteiger partial charge in [0.25, 0.3) is 0 Å². The Morgan fingerprint density at radius 3 is 2.57 bits per heavy atom. The highest BCUT2D eigenvalue weighted by molar-refractivity contribution is 5.67. The Kier molecular flexibility index (Phi) is 3.32. The Labute approximate surface area is 41.9 Å². The molecule has 0 amide bonds. The molecule has 0 bridgehead atoms. The number of carboxylic acid groups (broad SMARTS) is 1. The Balaban J connectivity index is 2.82. The van der Waals surface area contributed by atoms with Crippen LogP contribution in [0.15, 0.2) is 0 Å². The second-order valence-corrected chi connectivity index (χ2v) is 0.946. The van der Waals surface area contributed by atoms with Gasteiger partial charge < -0.3 is 9.84 Å². The van der Waals surface area contributed by atoms with E-state index in [1.807, 2.05) is 0 Å². The van der Waals surface area contributed by atoms with Gasteiger partial charge in [-0.1, -0.05) is 0 Å². The van der Waals surface area contributed by atoms with Gasteiger partial charge in [-0.15, -0.1) is 0 Å². The van der Waals surface area contributed by atoms with Crippen molar-refractivity contribution in [3.05, 3.63) is 6.92 Å². The molecule has 0 unspecified atom stereocenters. The zero-order valence-corrected chi connectivity index (χ0v) is 3.89. The summed E-state index contributed by atoms with van der Waals surface area (Å²) >= 11 is 0. The van der Waals surface area contributed by atoms with Crippen molar-refractivity contribution in [1.82, 2.24) is 0 Å². The van der Waals surface area contributed by atoms with Crippen LogP contribution in [0.25, 0.3) is 0 Å². The van der Waals surface area contributed by atoms with Crippen molar-refractivity contribution in [1.29, 1.82) is 0 Å². The van der Waals surface area contributed by atoms with Crippen LogP contribution in [0.4, 0.5) is 0 Å². The maximum atomic E-state index is 9.61. The van der Waals surface area contributed by atoms with Crippen LogP contribution in [-0.2, 0) is 9.53 Å². The molecule has 0 aromatic rings. The zero-order valence-electron chi connectivity index (χ0n) is 3.89. The van der Waals surface area contributed by atoms with Gasteiger partial charge in [-0.05, 0) is 6.92 Å². The van der Waals surface area contributed by atoms with E-state index < -0.39 is 5.97 Å². The second kappa shape index (κ2) is 3.61. The van der Waals surface area contributed by atoms with E-state index >= 15 is 0 Å². The summed E-state index contributed by atoms with van der Waals surface area (Å²) in [6.45, 7) is 3.24. The monoisotopic (exact) mass is 103 g/mol. The summed E-state index contributed by atoms with van der Waals surface area (Å²) in [5.41, 5.74) is 0. The molecule has 0 aromatic heterocycles. The number of carbonyl (C=O) groups is 1. The van der Waals surface area contributed by atoms with Gasteiger partial charge in [0.1, 0.15) is 6.61 Å². The predicted octanol–water partition coefficient (Wildman–Crippen LogP) is -0.0783. The van der Waals surface area contributed by atoms with E-state index in [1.54, 1.807) is 0 Å². The molecule has 0 aromatic carbocycles. The lowest BCUT2D eigenvalue weighted by Gasteiger charge is -1.90. The van der Waals surface area contributed by atoms with E-state index in [4.69, 9.17) is 5.11 Å². The Morgan fingerprint density at radius 2 is 2.43 bits per heavy atom. The zero-order chi connectivity index (χ0) is 5.70. The third-order valence-corrected chi connectivity index (χ3v) is 0.370. The molecular weight excluding hydrogens is 96.0 g/mol. The molecule has 0 heterocycles. The molecule has 0 atom stereocenters. The number of rotatable bonds is 3. The molecule has 7 heavy (non-hydrogen) atoms. The average molecular weight is 103 g/mol. The van der Waals surface area contributed by atoms with Crippen molar-refractivity contribution >= 4 is 5.97 Å². The second-order valence-electron chi connectivity index (χ2n) is 0.946. The van der Waals surface area contributed by atoms with E-state index in [2.05, 4.69) is 11.7 Å². The highest BCUT2D eigenvalue weighted by atomic mass is 16.5. The van der Waals surface area contributed by atoms with E-state index in [0.717, 1.165) is 0 Å². The fraction of sp³-hybridized carbons (Fsp3) is 0.500. The van der Waals surface area contributed by atoms with Gasteiger partial charge in [-0.3, -0.25) is 0 Å². The van der Waals surface area contributed by atoms with Crippen molar-refractivity contribution in [3.63, 3.8) is 0 Å². The first kappa shape index (κ1) is 6.43. The van der Waals surface area contributed by atoms with Crippen LogP contribution in [-0.4, -0.2) is 24.3 Å². The summed E-state index contributed by atoms with van der Waals surface area (Å²) in [6, 6.07) is 0. The lowest BCUT2D eigenvalue weighted by atomic mass is 10.7. The molecule has 1 N–H and O–H groups in total.